The standard InChI is InChI=1S/C41H51F4N7O8S/c1-6-24-28(60-34-30(41(44,45)14-8-7-9-22-10-11-22)48-26-13-12-23(19-46)17-27(26)49-34)20-52(35(54)31(38(2,3)4)50-37(56)57)29(24)33(53)47-21-40(18-25(40)32(42)43)36(55)51-61(58,59)39(5)15-16-39/h12-13,17,21-22,24-25,28-29,31-32,50H,6-11,14-16,18,20H2,1-5H3,(H,51,55)(H,56,57). The molecule has 0 radical (unpaired) electrons. The number of hydrogen-bond acceptors (Lipinski definition) is 10. The van der Waals surface area contributed by atoms with Crippen LogP contribution in [-0.4, -0.2) is 94.3 Å². The highest BCUT2D eigenvalue weighted by Gasteiger charge is 2.65. The van der Waals surface area contributed by atoms with E-state index >= 15 is 8.78 Å². The maximum atomic E-state index is 16.2. The number of alkyl halides is 4. The van der Waals surface area contributed by atoms with Gasteiger partial charge in [-0.2, -0.15) is 14.0 Å². The molecule has 2 aromatic rings. The fourth-order valence-electron chi connectivity index (χ4n) is 7.97. The van der Waals surface area contributed by atoms with Crippen LogP contribution in [0.5, 0.6) is 5.88 Å². The maximum Gasteiger partial charge on any atom is 0.405 e. The van der Waals surface area contributed by atoms with Crippen LogP contribution >= 0.6 is 0 Å². The Labute approximate surface area is 351 Å². The molecule has 1 aromatic carbocycles. The molecular weight excluding hydrogens is 827 g/mol. The number of nitriles is 1. The van der Waals surface area contributed by atoms with Gasteiger partial charge in [0.15, 0.2) is 5.69 Å². The first-order valence-corrected chi connectivity index (χ1v) is 22.0. The van der Waals surface area contributed by atoms with E-state index in [0.717, 1.165) is 24.2 Å². The van der Waals surface area contributed by atoms with Gasteiger partial charge in [0, 0.05) is 24.5 Å². The molecule has 6 atom stereocenters. The van der Waals surface area contributed by atoms with Gasteiger partial charge in [-0.05, 0) is 68.6 Å². The molecular formula is C41H51F4N7O8S. The van der Waals surface area contributed by atoms with Gasteiger partial charge >= 0.3 is 6.09 Å². The molecule has 15 nitrogen and oxygen atoms in total. The average molecular weight is 878 g/mol. The number of carbonyl (C=O) groups excluding carboxylic acids is 3. The number of sulfonamides is 1. The van der Waals surface area contributed by atoms with Gasteiger partial charge in [-0.15, -0.1) is 0 Å². The summed E-state index contributed by atoms with van der Waals surface area (Å²) in [5.74, 6) is -9.72. The quantitative estimate of drug-likeness (QED) is 0.0937. The van der Waals surface area contributed by atoms with Crippen molar-refractivity contribution in [3.63, 3.8) is 0 Å². The highest BCUT2D eigenvalue weighted by Crippen LogP contribution is 2.55. The lowest BCUT2D eigenvalue weighted by Gasteiger charge is -2.34. The van der Waals surface area contributed by atoms with Crippen molar-refractivity contribution in [1.29, 1.82) is 5.26 Å². The molecule has 1 saturated heterocycles. The predicted octanol–water partition coefficient (Wildman–Crippen LogP) is 6.10. The second-order valence-electron chi connectivity index (χ2n) is 18.2. The van der Waals surface area contributed by atoms with Crippen molar-refractivity contribution in [2.24, 2.45) is 33.6 Å². The van der Waals surface area contributed by atoms with Gasteiger partial charge in [-0.25, -0.2) is 37.0 Å². The Morgan fingerprint density at radius 1 is 1.13 bits per heavy atom. The summed E-state index contributed by atoms with van der Waals surface area (Å²) in [7, 11) is -4.27. The lowest BCUT2D eigenvalue weighted by Crippen LogP contribution is -2.57. The smallest absolute Gasteiger partial charge is 0.405 e. The van der Waals surface area contributed by atoms with Crippen LogP contribution in [-0.2, 0) is 30.3 Å². The molecule has 0 bridgehead atoms. The number of carboxylic acid groups (broad SMARTS) is 1. The first-order chi connectivity index (χ1) is 28.5. The number of hydrogen-bond donors (Lipinski definition) is 3. The predicted molar refractivity (Wildman–Crippen MR) is 212 cm³/mol. The van der Waals surface area contributed by atoms with Crippen LogP contribution in [0.4, 0.5) is 22.4 Å². The number of unbranched alkanes of at least 4 members (excludes halogenated alkanes) is 1. The average Bonchev–Trinajstić information content (AvgIpc) is 4.11. The van der Waals surface area contributed by atoms with Crippen molar-refractivity contribution in [2.75, 3.05) is 6.54 Å². The zero-order valence-electron chi connectivity index (χ0n) is 34.6. The number of fused-ring (bicyclic) bond motifs is 1. The normalized spacial score (nSPS) is 25.3. The Kier molecular flexibility index (Phi) is 12.5. The largest absolute Gasteiger partial charge is 0.471 e. The molecule has 4 amide bonds. The van der Waals surface area contributed by atoms with Crippen molar-refractivity contribution in [3.05, 3.63) is 29.5 Å². The van der Waals surface area contributed by atoms with Gasteiger partial charge in [-0.1, -0.05) is 53.4 Å². The number of amides is 4. The number of nitrogens with zero attached hydrogens (tertiary/aromatic N) is 5. The second kappa shape index (κ2) is 16.7. The number of aromatic nitrogens is 2. The molecule has 61 heavy (non-hydrogen) atoms. The van der Waals surface area contributed by atoms with Gasteiger partial charge in [0.05, 0.1) is 39.4 Å². The Hall–Kier alpha value is -4.93. The molecule has 3 aliphatic carbocycles. The van der Waals surface area contributed by atoms with Gasteiger partial charge < -0.3 is 20.1 Å². The molecule has 1 aliphatic heterocycles. The van der Waals surface area contributed by atoms with Crippen molar-refractivity contribution >= 4 is 51.1 Å². The van der Waals surface area contributed by atoms with E-state index in [0.29, 0.717) is 18.6 Å². The number of likely N-dealkylation sites (tertiary alicyclic amines) is 1. The van der Waals surface area contributed by atoms with E-state index < -0.39 is 123 Å². The second-order valence-corrected chi connectivity index (χ2v) is 20.4. The summed E-state index contributed by atoms with van der Waals surface area (Å²) in [4.78, 5) is 67.6. The summed E-state index contributed by atoms with van der Waals surface area (Å²) in [6.45, 7) is 7.23. The number of carbonyl (C=O) groups is 4. The summed E-state index contributed by atoms with van der Waals surface area (Å²) in [5.41, 5.74) is -3.80. The third kappa shape index (κ3) is 9.61. The Bertz CT molecular complexity index is 2260. The van der Waals surface area contributed by atoms with E-state index in [4.69, 9.17) is 4.74 Å². The summed E-state index contributed by atoms with van der Waals surface area (Å²) >= 11 is 0. The van der Waals surface area contributed by atoms with E-state index in [1.165, 1.54) is 25.1 Å². The third-order valence-electron chi connectivity index (χ3n) is 12.4. The third-order valence-corrected chi connectivity index (χ3v) is 14.6. The summed E-state index contributed by atoms with van der Waals surface area (Å²) < 4.78 is 93.4. The molecule has 20 heteroatoms. The summed E-state index contributed by atoms with van der Waals surface area (Å²) in [6.07, 6.45) is -2.14. The highest BCUT2D eigenvalue weighted by molar-refractivity contribution is 7.91. The monoisotopic (exact) mass is 877 g/mol. The highest BCUT2D eigenvalue weighted by atomic mass is 32.2. The number of nitrogens with one attached hydrogen (secondary N) is 2. The Balaban J connectivity index is 1.38. The molecule has 3 N–H and O–H groups in total. The number of aliphatic imine (C=N–C) groups is 1. The minimum Gasteiger partial charge on any atom is -0.471 e. The first kappa shape index (κ1) is 45.6. The molecule has 0 spiro atoms. The first-order valence-electron chi connectivity index (χ1n) is 20.5. The molecule has 2 heterocycles. The van der Waals surface area contributed by atoms with Crippen LogP contribution in [0.2, 0.25) is 0 Å². The molecule has 4 fully saturated rings. The van der Waals surface area contributed by atoms with Crippen molar-refractivity contribution in [3.8, 4) is 11.9 Å². The molecule has 6 rings (SSSR count). The number of ether oxygens (including phenoxy) is 1. The van der Waals surface area contributed by atoms with Gasteiger partial charge in [-0.3, -0.25) is 19.1 Å². The van der Waals surface area contributed by atoms with E-state index in [2.05, 4.69) is 20.3 Å². The molecule has 6 unspecified atom stereocenters. The van der Waals surface area contributed by atoms with Crippen LogP contribution in [0.3, 0.4) is 0 Å². The minimum absolute atomic E-state index is 0.0293. The van der Waals surface area contributed by atoms with E-state index in [9.17, 15) is 46.7 Å². The van der Waals surface area contributed by atoms with Crippen molar-refractivity contribution in [2.45, 2.75) is 134 Å². The lowest BCUT2D eigenvalue weighted by atomic mass is 9.85. The van der Waals surface area contributed by atoms with Gasteiger partial charge in [0.25, 0.3) is 11.8 Å². The maximum absolute atomic E-state index is 16.2. The van der Waals surface area contributed by atoms with Crippen LogP contribution < -0.4 is 14.8 Å². The van der Waals surface area contributed by atoms with Gasteiger partial charge in [0.2, 0.25) is 34.1 Å². The summed E-state index contributed by atoms with van der Waals surface area (Å²) in [6, 6.07) is 3.00. The number of benzene rings is 1. The SMILES string of the molecule is CCC1C(Oc2nc3cc(C#N)ccc3nc2C(F)(F)CCCCC2CC2)CN(C(=O)C(NC(=O)O)C(C)(C)C)C1C(=O)N=CC1(C(=O)NS(=O)(=O)C2(C)CC2)CC1C(F)F. The minimum atomic E-state index is -4.27. The van der Waals surface area contributed by atoms with Crippen LogP contribution in [0, 0.1) is 39.9 Å². The molecule has 4 aliphatic rings. The topological polar surface area (TPSA) is 221 Å². The number of halogens is 4. The molecule has 332 valence electrons. The van der Waals surface area contributed by atoms with E-state index in [-0.39, 0.29) is 42.3 Å². The fourth-order valence-corrected chi connectivity index (χ4v) is 9.29. The van der Waals surface area contributed by atoms with Crippen molar-refractivity contribution < 1.29 is 55.0 Å². The summed E-state index contributed by atoms with van der Waals surface area (Å²) in [5, 5.41) is 21.4. The lowest BCUT2D eigenvalue weighted by molar-refractivity contribution is -0.141. The zero-order chi connectivity index (χ0) is 44.9. The Morgan fingerprint density at radius 2 is 1.82 bits per heavy atom. The van der Waals surface area contributed by atoms with E-state index in [1.807, 2.05) is 10.8 Å². The fraction of sp³-hybridized carbons (Fsp3) is 0.659. The van der Waals surface area contributed by atoms with Crippen molar-refractivity contribution in [1.82, 2.24) is 24.9 Å². The van der Waals surface area contributed by atoms with Gasteiger partial charge in [0.1, 0.15) is 18.2 Å². The van der Waals surface area contributed by atoms with Crippen LogP contribution in [0.25, 0.3) is 11.0 Å². The molecule has 3 saturated carbocycles. The number of rotatable bonds is 17. The van der Waals surface area contributed by atoms with Crippen LogP contribution in [0.1, 0.15) is 110 Å². The van der Waals surface area contributed by atoms with E-state index in [1.54, 1.807) is 27.7 Å². The zero-order valence-corrected chi connectivity index (χ0v) is 35.4. The Morgan fingerprint density at radius 3 is 2.38 bits per heavy atom. The van der Waals surface area contributed by atoms with Crippen LogP contribution in [0.15, 0.2) is 23.2 Å². The molecule has 1 aromatic heterocycles.